The van der Waals surface area contributed by atoms with E-state index in [-0.39, 0.29) is 5.91 Å². The van der Waals surface area contributed by atoms with Crippen molar-refractivity contribution < 1.29 is 14.7 Å². The Bertz CT molecular complexity index is 381. The molecule has 0 aliphatic rings. The van der Waals surface area contributed by atoms with Crippen LogP contribution in [-0.2, 0) is 4.79 Å². The fourth-order valence-corrected chi connectivity index (χ4v) is 1.79. The summed E-state index contributed by atoms with van der Waals surface area (Å²) < 4.78 is 0. The van der Waals surface area contributed by atoms with Gasteiger partial charge in [0.25, 0.3) is 5.91 Å². The van der Waals surface area contributed by atoms with E-state index in [2.05, 4.69) is 5.32 Å². The molecular formula is C12H14NO3S-. The Labute approximate surface area is 104 Å². The maximum Gasteiger partial charge on any atom is 0.251 e. The minimum absolute atomic E-state index is 0.363. The predicted molar refractivity (Wildman–Crippen MR) is 65.7 cm³/mol. The summed E-state index contributed by atoms with van der Waals surface area (Å²) in [5, 5.41) is 13.3. The average Bonchev–Trinajstić information content (AvgIpc) is 2.35. The number of hydrogen-bond donors (Lipinski definition) is 1. The van der Waals surface area contributed by atoms with Gasteiger partial charge in [0.2, 0.25) is 0 Å². The molecule has 17 heavy (non-hydrogen) atoms. The number of hydrogen-bond acceptors (Lipinski definition) is 4. The number of carboxylic acids is 1. The number of carbonyl (C=O) groups is 2. The molecule has 1 rings (SSSR count). The second-order valence-electron chi connectivity index (χ2n) is 3.49. The van der Waals surface area contributed by atoms with Crippen molar-refractivity contribution in [2.45, 2.75) is 12.5 Å². The van der Waals surface area contributed by atoms with Gasteiger partial charge >= 0.3 is 0 Å². The molecule has 5 heteroatoms. The van der Waals surface area contributed by atoms with Gasteiger partial charge in [-0.3, -0.25) is 4.79 Å². The van der Waals surface area contributed by atoms with Gasteiger partial charge in [0, 0.05) is 5.56 Å². The second kappa shape index (κ2) is 6.96. The summed E-state index contributed by atoms with van der Waals surface area (Å²) in [5.41, 5.74) is 0.447. The molecule has 0 fully saturated rings. The van der Waals surface area contributed by atoms with Crippen LogP contribution in [0.4, 0.5) is 0 Å². The third-order valence-electron chi connectivity index (χ3n) is 2.24. The highest BCUT2D eigenvalue weighted by Crippen LogP contribution is 2.03. The Morgan fingerprint density at radius 1 is 1.35 bits per heavy atom. The van der Waals surface area contributed by atoms with Crippen molar-refractivity contribution in [3.05, 3.63) is 35.9 Å². The molecule has 0 bridgehead atoms. The number of thioether (sulfide) groups is 1. The lowest BCUT2D eigenvalue weighted by atomic mass is 10.1. The Balaban J connectivity index is 2.61. The molecule has 92 valence electrons. The summed E-state index contributed by atoms with van der Waals surface area (Å²) in [6, 6.07) is 7.58. The number of amides is 1. The van der Waals surface area contributed by atoms with Gasteiger partial charge in [-0.25, -0.2) is 0 Å². The Kier molecular flexibility index (Phi) is 5.56. The molecule has 0 heterocycles. The maximum absolute atomic E-state index is 11.7. The van der Waals surface area contributed by atoms with Gasteiger partial charge in [-0.05, 0) is 30.6 Å². The van der Waals surface area contributed by atoms with Crippen molar-refractivity contribution in [1.29, 1.82) is 0 Å². The van der Waals surface area contributed by atoms with Gasteiger partial charge in [-0.2, -0.15) is 11.8 Å². The van der Waals surface area contributed by atoms with Gasteiger partial charge < -0.3 is 15.2 Å². The Hall–Kier alpha value is -1.49. The van der Waals surface area contributed by atoms with E-state index in [0.717, 1.165) is 0 Å². The molecule has 4 nitrogen and oxygen atoms in total. The summed E-state index contributed by atoms with van der Waals surface area (Å²) in [6.07, 6.45) is 2.24. The van der Waals surface area contributed by atoms with Gasteiger partial charge in [-0.15, -0.1) is 0 Å². The molecule has 1 N–H and O–H groups in total. The van der Waals surface area contributed by atoms with Crippen molar-refractivity contribution >= 4 is 23.6 Å². The summed E-state index contributed by atoms with van der Waals surface area (Å²) in [4.78, 5) is 22.6. The van der Waals surface area contributed by atoms with Crippen LogP contribution in [0.2, 0.25) is 0 Å². The standard InChI is InChI=1S/C12H15NO3S/c1-17-8-7-10(12(15)16)13-11(14)9-5-3-2-4-6-9/h2-6,10H,7-8H2,1H3,(H,13,14)(H,15,16)/p-1/t10-/m0/s1. The van der Waals surface area contributed by atoms with Crippen LogP contribution >= 0.6 is 11.8 Å². The average molecular weight is 252 g/mol. The number of carbonyl (C=O) groups excluding carboxylic acids is 2. The SMILES string of the molecule is CSCC[C@H](NC(=O)c1ccccc1)C(=O)[O-]. The first-order valence-corrected chi connectivity index (χ1v) is 6.60. The van der Waals surface area contributed by atoms with Crippen molar-refractivity contribution in [2.75, 3.05) is 12.0 Å². The van der Waals surface area contributed by atoms with Gasteiger partial charge in [0.15, 0.2) is 0 Å². The van der Waals surface area contributed by atoms with Gasteiger partial charge in [0.05, 0.1) is 12.0 Å². The molecule has 1 atom stereocenters. The fourth-order valence-electron chi connectivity index (χ4n) is 1.32. The first kappa shape index (κ1) is 13.6. The molecule has 1 aromatic rings. The normalized spacial score (nSPS) is 11.8. The van der Waals surface area contributed by atoms with Crippen LogP contribution in [-0.4, -0.2) is 29.9 Å². The Morgan fingerprint density at radius 2 is 2.00 bits per heavy atom. The number of nitrogens with one attached hydrogen (secondary N) is 1. The highest BCUT2D eigenvalue weighted by atomic mass is 32.2. The smallest absolute Gasteiger partial charge is 0.251 e. The lowest BCUT2D eigenvalue weighted by Crippen LogP contribution is -2.48. The zero-order chi connectivity index (χ0) is 12.7. The highest BCUT2D eigenvalue weighted by molar-refractivity contribution is 7.98. The van der Waals surface area contributed by atoms with E-state index in [1.807, 2.05) is 6.26 Å². The molecule has 1 amide bonds. The molecule has 0 aliphatic heterocycles. The highest BCUT2D eigenvalue weighted by Gasteiger charge is 2.13. The summed E-state index contributed by atoms with van der Waals surface area (Å²) in [7, 11) is 0. The lowest BCUT2D eigenvalue weighted by molar-refractivity contribution is -0.308. The van der Waals surface area contributed by atoms with E-state index in [9.17, 15) is 14.7 Å². The van der Waals surface area contributed by atoms with E-state index in [0.29, 0.717) is 17.7 Å². The van der Waals surface area contributed by atoms with Gasteiger partial charge in [0.1, 0.15) is 0 Å². The maximum atomic E-state index is 11.7. The number of carboxylic acid groups (broad SMARTS) is 1. The fraction of sp³-hybridized carbons (Fsp3) is 0.333. The molecule has 0 spiro atoms. The van der Waals surface area contributed by atoms with E-state index in [4.69, 9.17) is 0 Å². The molecule has 0 saturated heterocycles. The Morgan fingerprint density at radius 3 is 2.53 bits per heavy atom. The minimum Gasteiger partial charge on any atom is -0.548 e. The first-order valence-electron chi connectivity index (χ1n) is 5.21. The summed E-state index contributed by atoms with van der Waals surface area (Å²) in [5.74, 6) is -0.975. The number of aliphatic carboxylic acids is 1. The van der Waals surface area contributed by atoms with E-state index >= 15 is 0 Å². The van der Waals surface area contributed by atoms with Crippen LogP contribution in [0, 0.1) is 0 Å². The van der Waals surface area contributed by atoms with Crippen LogP contribution in [0.15, 0.2) is 30.3 Å². The zero-order valence-electron chi connectivity index (χ0n) is 9.51. The van der Waals surface area contributed by atoms with Crippen molar-refractivity contribution in [3.63, 3.8) is 0 Å². The van der Waals surface area contributed by atoms with E-state index < -0.39 is 12.0 Å². The summed E-state index contributed by atoms with van der Waals surface area (Å²) >= 11 is 1.53. The van der Waals surface area contributed by atoms with Crippen LogP contribution in [0.25, 0.3) is 0 Å². The molecular weight excluding hydrogens is 238 g/mol. The minimum atomic E-state index is -1.25. The first-order chi connectivity index (χ1) is 8.15. The van der Waals surface area contributed by atoms with E-state index in [1.54, 1.807) is 30.3 Å². The largest absolute Gasteiger partial charge is 0.548 e. The van der Waals surface area contributed by atoms with Crippen LogP contribution < -0.4 is 10.4 Å². The third kappa shape index (κ3) is 4.48. The lowest BCUT2D eigenvalue weighted by Gasteiger charge is -2.19. The summed E-state index contributed by atoms with van der Waals surface area (Å²) in [6.45, 7) is 0. The van der Waals surface area contributed by atoms with Crippen LogP contribution in [0.5, 0.6) is 0 Å². The van der Waals surface area contributed by atoms with Gasteiger partial charge in [-0.1, -0.05) is 18.2 Å². The number of benzene rings is 1. The predicted octanol–water partition coefficient (Wildman–Crippen LogP) is 0.288. The van der Waals surface area contributed by atoms with E-state index in [1.165, 1.54) is 11.8 Å². The monoisotopic (exact) mass is 252 g/mol. The number of rotatable bonds is 6. The van der Waals surface area contributed by atoms with Crippen LogP contribution in [0.3, 0.4) is 0 Å². The van der Waals surface area contributed by atoms with Crippen molar-refractivity contribution in [1.82, 2.24) is 5.32 Å². The second-order valence-corrected chi connectivity index (χ2v) is 4.48. The molecule has 1 aromatic carbocycles. The molecule has 0 saturated carbocycles. The van der Waals surface area contributed by atoms with Crippen LogP contribution in [0.1, 0.15) is 16.8 Å². The third-order valence-corrected chi connectivity index (χ3v) is 2.88. The van der Waals surface area contributed by atoms with Crippen molar-refractivity contribution in [3.8, 4) is 0 Å². The topological polar surface area (TPSA) is 69.2 Å². The zero-order valence-corrected chi connectivity index (χ0v) is 10.3. The molecule has 0 aromatic heterocycles. The van der Waals surface area contributed by atoms with Crippen molar-refractivity contribution in [2.24, 2.45) is 0 Å². The molecule has 0 radical (unpaired) electrons. The molecule has 0 unspecified atom stereocenters. The molecule has 0 aliphatic carbocycles. The quantitative estimate of drug-likeness (QED) is 0.790.